The van der Waals surface area contributed by atoms with E-state index in [1.165, 1.54) is 12.3 Å². The Kier molecular flexibility index (Phi) is 5.75. The minimum atomic E-state index is -0.597. The van der Waals surface area contributed by atoms with Crippen molar-refractivity contribution in [3.63, 3.8) is 0 Å². The molecule has 0 saturated carbocycles. The highest BCUT2D eigenvalue weighted by Crippen LogP contribution is 2.22. The van der Waals surface area contributed by atoms with Crippen LogP contribution in [0.3, 0.4) is 0 Å². The zero-order valence-corrected chi connectivity index (χ0v) is 16.5. The fourth-order valence-electron chi connectivity index (χ4n) is 3.65. The average molecular weight is 401 g/mol. The topological polar surface area (TPSA) is 85.5 Å². The third kappa shape index (κ3) is 4.49. The van der Waals surface area contributed by atoms with Crippen LogP contribution in [-0.4, -0.2) is 40.9 Å². The Morgan fingerprint density at radius 2 is 1.73 bits per heavy atom. The van der Waals surface area contributed by atoms with Crippen LogP contribution < -0.4 is 10.5 Å². The Balaban J connectivity index is 1.42. The third-order valence-electron chi connectivity index (χ3n) is 5.19. The number of nitrogens with zero attached hydrogens (tertiary/aromatic N) is 2. The van der Waals surface area contributed by atoms with E-state index < -0.39 is 5.91 Å². The van der Waals surface area contributed by atoms with E-state index in [2.05, 4.69) is 4.98 Å². The molecule has 3 aromatic rings. The summed E-state index contributed by atoms with van der Waals surface area (Å²) in [6.07, 6.45) is 3.04. The Morgan fingerprint density at radius 1 is 1.00 bits per heavy atom. The highest BCUT2D eigenvalue weighted by Gasteiger charge is 2.26. The summed E-state index contributed by atoms with van der Waals surface area (Å²) in [5.41, 5.74) is 8.30. The Hall–Kier alpha value is -3.67. The maximum atomic E-state index is 13.0. The molecule has 6 nitrogen and oxygen atoms in total. The van der Waals surface area contributed by atoms with Crippen molar-refractivity contribution in [2.75, 3.05) is 13.1 Å². The number of carbonyl (C=O) groups is 2. The van der Waals surface area contributed by atoms with Crippen molar-refractivity contribution in [1.29, 1.82) is 0 Å². The highest BCUT2D eigenvalue weighted by molar-refractivity contribution is 5.95. The standard InChI is InChI=1S/C24H23N3O3/c25-23(28)22-15-20(12-13-26-22)30-21-7-4-14-27(16-21)24(29)19-10-8-18(9-11-19)17-5-2-1-3-6-17/h1-3,5-6,8-13,15,21H,4,7,14,16H2,(H2,25,28). The number of ether oxygens (including phenoxy) is 1. The van der Waals surface area contributed by atoms with E-state index in [-0.39, 0.29) is 17.7 Å². The molecule has 0 bridgehead atoms. The SMILES string of the molecule is NC(=O)c1cc(OC2CCCN(C(=O)c3ccc(-c4ccccc4)cc3)C2)ccn1. The Labute approximate surface area is 175 Å². The van der Waals surface area contributed by atoms with Gasteiger partial charge in [-0.3, -0.25) is 14.6 Å². The van der Waals surface area contributed by atoms with Gasteiger partial charge in [0.1, 0.15) is 17.5 Å². The summed E-state index contributed by atoms with van der Waals surface area (Å²) in [7, 11) is 0. The van der Waals surface area contributed by atoms with Crippen LogP contribution in [0.1, 0.15) is 33.7 Å². The van der Waals surface area contributed by atoms with Crippen LogP contribution in [0.25, 0.3) is 11.1 Å². The van der Waals surface area contributed by atoms with Gasteiger partial charge in [-0.15, -0.1) is 0 Å². The second kappa shape index (κ2) is 8.78. The molecule has 152 valence electrons. The predicted molar refractivity (Wildman–Crippen MR) is 114 cm³/mol. The van der Waals surface area contributed by atoms with Crippen molar-refractivity contribution in [2.45, 2.75) is 18.9 Å². The average Bonchev–Trinajstić information content (AvgIpc) is 2.79. The minimum Gasteiger partial charge on any atom is -0.488 e. The van der Waals surface area contributed by atoms with Crippen molar-refractivity contribution in [3.8, 4) is 16.9 Å². The van der Waals surface area contributed by atoms with E-state index in [4.69, 9.17) is 10.5 Å². The molecular formula is C24H23N3O3. The number of likely N-dealkylation sites (tertiary alicyclic amines) is 1. The second-order valence-electron chi connectivity index (χ2n) is 7.32. The first kappa shape index (κ1) is 19.6. The fourth-order valence-corrected chi connectivity index (χ4v) is 3.65. The summed E-state index contributed by atoms with van der Waals surface area (Å²) in [6.45, 7) is 1.19. The van der Waals surface area contributed by atoms with Crippen LogP contribution in [0.5, 0.6) is 5.75 Å². The lowest BCUT2D eigenvalue weighted by Gasteiger charge is -2.33. The molecule has 1 aliphatic heterocycles. The molecular weight excluding hydrogens is 378 g/mol. The maximum Gasteiger partial charge on any atom is 0.267 e. The van der Waals surface area contributed by atoms with Crippen molar-refractivity contribution < 1.29 is 14.3 Å². The fraction of sp³-hybridized carbons (Fsp3) is 0.208. The maximum absolute atomic E-state index is 13.0. The smallest absolute Gasteiger partial charge is 0.267 e. The number of aromatic nitrogens is 1. The van der Waals surface area contributed by atoms with Crippen LogP contribution in [0.15, 0.2) is 72.9 Å². The minimum absolute atomic E-state index is 0.00420. The number of hydrogen-bond donors (Lipinski definition) is 1. The van der Waals surface area contributed by atoms with E-state index in [0.29, 0.717) is 24.4 Å². The molecule has 0 radical (unpaired) electrons. The van der Waals surface area contributed by atoms with Crippen molar-refractivity contribution in [2.24, 2.45) is 5.73 Å². The number of benzene rings is 2. The molecule has 2 aromatic carbocycles. The molecule has 2 heterocycles. The van der Waals surface area contributed by atoms with Gasteiger partial charge >= 0.3 is 0 Å². The number of hydrogen-bond acceptors (Lipinski definition) is 4. The molecule has 2 N–H and O–H groups in total. The first-order valence-corrected chi connectivity index (χ1v) is 9.97. The summed E-state index contributed by atoms with van der Waals surface area (Å²) >= 11 is 0. The zero-order valence-electron chi connectivity index (χ0n) is 16.5. The second-order valence-corrected chi connectivity index (χ2v) is 7.32. The van der Waals surface area contributed by atoms with Gasteiger partial charge in [-0.25, -0.2) is 0 Å². The van der Waals surface area contributed by atoms with Gasteiger partial charge in [0.15, 0.2) is 0 Å². The number of rotatable bonds is 5. The Morgan fingerprint density at radius 3 is 2.47 bits per heavy atom. The van der Waals surface area contributed by atoms with Gasteiger partial charge in [0.05, 0.1) is 6.54 Å². The van der Waals surface area contributed by atoms with Crippen molar-refractivity contribution in [1.82, 2.24) is 9.88 Å². The predicted octanol–water partition coefficient (Wildman–Crippen LogP) is 3.53. The summed E-state index contributed by atoms with van der Waals surface area (Å²) in [5, 5.41) is 0. The molecule has 30 heavy (non-hydrogen) atoms. The first-order valence-electron chi connectivity index (χ1n) is 9.97. The van der Waals surface area contributed by atoms with E-state index in [0.717, 1.165) is 24.0 Å². The number of pyridine rings is 1. The largest absolute Gasteiger partial charge is 0.488 e. The van der Waals surface area contributed by atoms with Gasteiger partial charge in [0.25, 0.3) is 11.8 Å². The molecule has 1 atom stereocenters. The van der Waals surface area contributed by atoms with Crippen LogP contribution in [0, 0.1) is 0 Å². The summed E-state index contributed by atoms with van der Waals surface area (Å²) < 4.78 is 6.00. The molecule has 1 aliphatic rings. The van der Waals surface area contributed by atoms with E-state index in [1.54, 1.807) is 6.07 Å². The normalized spacial score (nSPS) is 16.1. The molecule has 1 unspecified atom stereocenters. The molecule has 4 rings (SSSR count). The molecule has 6 heteroatoms. The number of piperidine rings is 1. The lowest BCUT2D eigenvalue weighted by Crippen LogP contribution is -2.44. The lowest BCUT2D eigenvalue weighted by atomic mass is 10.0. The molecule has 0 aliphatic carbocycles. The van der Waals surface area contributed by atoms with Crippen LogP contribution >= 0.6 is 0 Å². The molecule has 0 spiro atoms. The summed E-state index contributed by atoms with van der Waals surface area (Å²) in [6, 6.07) is 21.0. The van der Waals surface area contributed by atoms with E-state index >= 15 is 0 Å². The van der Waals surface area contributed by atoms with Crippen LogP contribution in [0.2, 0.25) is 0 Å². The van der Waals surface area contributed by atoms with Gasteiger partial charge < -0.3 is 15.4 Å². The van der Waals surface area contributed by atoms with Gasteiger partial charge in [-0.05, 0) is 42.2 Å². The molecule has 1 saturated heterocycles. The van der Waals surface area contributed by atoms with Crippen LogP contribution in [-0.2, 0) is 0 Å². The van der Waals surface area contributed by atoms with Crippen molar-refractivity contribution >= 4 is 11.8 Å². The number of carbonyl (C=O) groups excluding carboxylic acids is 2. The molecule has 2 amide bonds. The summed E-state index contributed by atoms with van der Waals surface area (Å²) in [4.78, 5) is 30.0. The first-order chi connectivity index (χ1) is 14.6. The molecule has 1 fully saturated rings. The molecule has 1 aromatic heterocycles. The van der Waals surface area contributed by atoms with E-state index in [1.807, 2.05) is 59.5 Å². The third-order valence-corrected chi connectivity index (χ3v) is 5.19. The van der Waals surface area contributed by atoms with Crippen molar-refractivity contribution in [3.05, 3.63) is 84.2 Å². The quantitative estimate of drug-likeness (QED) is 0.709. The van der Waals surface area contributed by atoms with Gasteiger partial charge in [-0.1, -0.05) is 42.5 Å². The number of nitrogens with two attached hydrogens (primary N) is 1. The van der Waals surface area contributed by atoms with E-state index in [9.17, 15) is 9.59 Å². The summed E-state index contributed by atoms with van der Waals surface area (Å²) in [5.74, 6) is -0.0689. The lowest BCUT2D eigenvalue weighted by molar-refractivity contribution is 0.0537. The van der Waals surface area contributed by atoms with Gasteiger partial charge in [0.2, 0.25) is 0 Å². The zero-order chi connectivity index (χ0) is 20.9. The highest BCUT2D eigenvalue weighted by atomic mass is 16.5. The van der Waals surface area contributed by atoms with Crippen LogP contribution in [0.4, 0.5) is 0 Å². The Bertz CT molecular complexity index is 1040. The monoisotopic (exact) mass is 401 g/mol. The van der Waals surface area contributed by atoms with Gasteiger partial charge in [0, 0.05) is 24.4 Å². The number of primary amides is 1. The van der Waals surface area contributed by atoms with Gasteiger partial charge in [-0.2, -0.15) is 0 Å². The number of amides is 2.